The molecule has 1 amide bonds. The summed E-state index contributed by atoms with van der Waals surface area (Å²) in [6.45, 7) is 8.06. The van der Waals surface area contributed by atoms with Crippen LogP contribution in [0.15, 0.2) is 78.2 Å². The number of hydrogen-bond donors (Lipinski definition) is 1. The van der Waals surface area contributed by atoms with E-state index in [0.717, 1.165) is 22.3 Å². The predicted molar refractivity (Wildman–Crippen MR) is 125 cm³/mol. The molecule has 32 heavy (non-hydrogen) atoms. The van der Waals surface area contributed by atoms with Crippen molar-refractivity contribution >= 4 is 17.5 Å². The fourth-order valence-electron chi connectivity index (χ4n) is 3.92. The Labute approximate surface area is 188 Å². The molecule has 3 aromatic rings. The fraction of sp³-hybridized carbons (Fsp3) is 0.222. The predicted octanol–water partition coefficient (Wildman–Crippen LogP) is 5.60. The van der Waals surface area contributed by atoms with Gasteiger partial charge in [-0.3, -0.25) is 14.5 Å². The summed E-state index contributed by atoms with van der Waals surface area (Å²) in [5.41, 5.74) is 4.35. The molecule has 162 valence electrons. The number of benzene rings is 2. The summed E-state index contributed by atoms with van der Waals surface area (Å²) in [5.74, 6) is -0.799. The maximum Gasteiger partial charge on any atom is 0.295 e. The fourth-order valence-corrected chi connectivity index (χ4v) is 3.92. The highest BCUT2D eigenvalue weighted by Gasteiger charge is 2.45. The summed E-state index contributed by atoms with van der Waals surface area (Å²) in [6, 6.07) is 17.7. The minimum atomic E-state index is -0.771. The number of ketones is 1. The molecule has 5 nitrogen and oxygen atoms in total. The lowest BCUT2D eigenvalue weighted by molar-refractivity contribution is -0.117. The maximum atomic E-state index is 13.5. The van der Waals surface area contributed by atoms with Crippen molar-refractivity contribution in [3.63, 3.8) is 0 Å². The summed E-state index contributed by atoms with van der Waals surface area (Å²) in [6.07, 6.45) is 1.67. The number of carbonyl (C=O) groups excluding carboxylic acids is 2. The first kappa shape index (κ1) is 21.5. The van der Waals surface area contributed by atoms with Gasteiger partial charge < -0.3 is 5.11 Å². The van der Waals surface area contributed by atoms with Crippen LogP contribution in [0.1, 0.15) is 58.4 Å². The Bertz CT molecular complexity index is 1190. The van der Waals surface area contributed by atoms with Crippen LogP contribution in [0, 0.1) is 13.8 Å². The van der Waals surface area contributed by atoms with E-state index in [1.165, 1.54) is 4.90 Å². The van der Waals surface area contributed by atoms with Gasteiger partial charge in [0, 0.05) is 11.8 Å². The van der Waals surface area contributed by atoms with Crippen molar-refractivity contribution < 1.29 is 14.7 Å². The number of carbonyl (C=O) groups is 2. The topological polar surface area (TPSA) is 70.5 Å². The summed E-state index contributed by atoms with van der Waals surface area (Å²) in [5, 5.41) is 10.8. The molecule has 2 aromatic carbocycles. The normalized spacial score (nSPS) is 16.2. The van der Waals surface area contributed by atoms with Crippen LogP contribution < -0.4 is 4.90 Å². The molecule has 0 fully saturated rings. The first-order chi connectivity index (χ1) is 15.3. The third kappa shape index (κ3) is 3.82. The van der Waals surface area contributed by atoms with E-state index in [1.807, 2.05) is 56.3 Å². The first-order valence-electron chi connectivity index (χ1n) is 10.7. The molecule has 1 aromatic heterocycles. The summed E-state index contributed by atoms with van der Waals surface area (Å²) >= 11 is 0. The van der Waals surface area contributed by atoms with Gasteiger partial charge >= 0.3 is 0 Å². The van der Waals surface area contributed by atoms with Gasteiger partial charge in [0.15, 0.2) is 11.5 Å². The van der Waals surface area contributed by atoms with E-state index >= 15 is 0 Å². The lowest BCUT2D eigenvalue weighted by atomic mass is 9.91. The number of rotatable bonds is 5. The molecule has 1 aliphatic heterocycles. The van der Waals surface area contributed by atoms with Gasteiger partial charge in [0.25, 0.3) is 5.91 Å². The Kier molecular flexibility index (Phi) is 5.66. The molecule has 5 heteroatoms. The van der Waals surface area contributed by atoms with Crippen molar-refractivity contribution in [2.75, 3.05) is 4.90 Å². The first-order valence-corrected chi connectivity index (χ1v) is 10.7. The van der Waals surface area contributed by atoms with Gasteiger partial charge in [0.2, 0.25) is 0 Å². The molecule has 2 heterocycles. The van der Waals surface area contributed by atoms with E-state index in [0.29, 0.717) is 17.3 Å². The third-order valence-corrected chi connectivity index (χ3v) is 5.83. The van der Waals surface area contributed by atoms with Gasteiger partial charge in [-0.25, -0.2) is 4.98 Å². The molecule has 0 radical (unpaired) electrons. The molecule has 0 saturated carbocycles. The van der Waals surface area contributed by atoms with E-state index in [2.05, 4.69) is 18.8 Å². The third-order valence-electron chi connectivity index (χ3n) is 5.83. The van der Waals surface area contributed by atoms with Gasteiger partial charge in [0.05, 0.1) is 11.6 Å². The second kappa shape index (κ2) is 8.42. The largest absolute Gasteiger partial charge is 0.503 e. The Hall–Kier alpha value is -3.73. The molecular weight excluding hydrogens is 400 g/mol. The van der Waals surface area contributed by atoms with Crippen LogP contribution in [-0.4, -0.2) is 21.8 Å². The quantitative estimate of drug-likeness (QED) is 0.539. The molecular formula is C27H26N2O3. The average molecular weight is 427 g/mol. The number of nitrogens with zero attached hydrogens (tertiary/aromatic N) is 2. The molecule has 1 aliphatic rings. The summed E-state index contributed by atoms with van der Waals surface area (Å²) < 4.78 is 0. The van der Waals surface area contributed by atoms with E-state index in [-0.39, 0.29) is 11.4 Å². The average Bonchev–Trinajstić information content (AvgIpc) is 3.05. The van der Waals surface area contributed by atoms with Crippen molar-refractivity contribution in [3.8, 4) is 0 Å². The SMILES string of the molecule is Cc1ccc(C(=O)C2=C(O)C(=O)N(c3ccc(C)cn3)C2c2ccc(C(C)C)cc2)cc1. The lowest BCUT2D eigenvalue weighted by Gasteiger charge is -2.26. The number of aryl methyl sites for hydroxylation is 2. The Morgan fingerprint density at radius 1 is 0.938 bits per heavy atom. The number of aliphatic hydroxyl groups excluding tert-OH is 1. The highest BCUT2D eigenvalue weighted by atomic mass is 16.3. The highest BCUT2D eigenvalue weighted by molar-refractivity contribution is 6.20. The number of aliphatic hydroxyl groups is 1. The van der Waals surface area contributed by atoms with Crippen molar-refractivity contribution in [1.82, 2.24) is 4.98 Å². The van der Waals surface area contributed by atoms with Crippen LogP contribution in [0.25, 0.3) is 0 Å². The van der Waals surface area contributed by atoms with Crippen molar-refractivity contribution in [3.05, 3.63) is 106 Å². The zero-order valence-electron chi connectivity index (χ0n) is 18.7. The highest BCUT2D eigenvalue weighted by Crippen LogP contribution is 2.41. The smallest absolute Gasteiger partial charge is 0.295 e. The number of pyridine rings is 1. The van der Waals surface area contributed by atoms with Crippen LogP contribution in [0.3, 0.4) is 0 Å². The van der Waals surface area contributed by atoms with Gasteiger partial charge in [-0.15, -0.1) is 0 Å². The molecule has 0 bridgehead atoms. The molecule has 1 N–H and O–H groups in total. The second-order valence-electron chi connectivity index (χ2n) is 8.55. The maximum absolute atomic E-state index is 13.5. The Morgan fingerprint density at radius 2 is 1.56 bits per heavy atom. The zero-order valence-corrected chi connectivity index (χ0v) is 18.7. The second-order valence-corrected chi connectivity index (χ2v) is 8.55. The number of hydrogen-bond acceptors (Lipinski definition) is 4. The molecule has 1 unspecified atom stereocenters. The van der Waals surface area contributed by atoms with Crippen molar-refractivity contribution in [2.45, 2.75) is 39.7 Å². The van der Waals surface area contributed by atoms with Gasteiger partial charge in [-0.1, -0.05) is 74.0 Å². The van der Waals surface area contributed by atoms with Crippen LogP contribution in [-0.2, 0) is 4.79 Å². The van der Waals surface area contributed by atoms with E-state index < -0.39 is 17.7 Å². The molecule has 0 saturated heterocycles. The van der Waals surface area contributed by atoms with Crippen LogP contribution in [0.5, 0.6) is 0 Å². The van der Waals surface area contributed by atoms with Crippen LogP contribution >= 0.6 is 0 Å². The van der Waals surface area contributed by atoms with Crippen molar-refractivity contribution in [2.24, 2.45) is 0 Å². The van der Waals surface area contributed by atoms with Gasteiger partial charge in [0.1, 0.15) is 5.82 Å². The number of Topliss-reactive ketones (excluding diaryl/α,β-unsaturated/α-hetero) is 1. The molecule has 1 atom stereocenters. The minimum absolute atomic E-state index is 0.0681. The Balaban J connectivity index is 1.85. The molecule has 0 aliphatic carbocycles. The van der Waals surface area contributed by atoms with E-state index in [1.54, 1.807) is 24.4 Å². The molecule has 0 spiro atoms. The summed E-state index contributed by atoms with van der Waals surface area (Å²) in [4.78, 5) is 32.5. The number of amides is 1. The number of aromatic nitrogens is 1. The minimum Gasteiger partial charge on any atom is -0.503 e. The number of anilines is 1. The standard InChI is InChI=1S/C27H26N2O3/c1-16(2)19-10-12-20(13-11-19)24-23(25(30)21-8-5-17(3)6-9-21)26(31)27(32)29(24)22-14-7-18(4)15-28-22/h5-16,24,31H,1-4H3. The van der Waals surface area contributed by atoms with Crippen LogP contribution in [0.4, 0.5) is 5.82 Å². The zero-order chi connectivity index (χ0) is 23.0. The molecule has 4 rings (SSSR count). The van der Waals surface area contributed by atoms with E-state index in [4.69, 9.17) is 0 Å². The van der Waals surface area contributed by atoms with Crippen molar-refractivity contribution in [1.29, 1.82) is 0 Å². The monoisotopic (exact) mass is 426 g/mol. The summed E-state index contributed by atoms with van der Waals surface area (Å²) in [7, 11) is 0. The van der Waals surface area contributed by atoms with Crippen LogP contribution in [0.2, 0.25) is 0 Å². The van der Waals surface area contributed by atoms with E-state index in [9.17, 15) is 14.7 Å². The lowest BCUT2D eigenvalue weighted by Crippen LogP contribution is -2.31. The van der Waals surface area contributed by atoms with Gasteiger partial charge in [-0.05, 0) is 42.5 Å². The Morgan fingerprint density at radius 3 is 2.12 bits per heavy atom. The van der Waals surface area contributed by atoms with Gasteiger partial charge in [-0.2, -0.15) is 0 Å².